The van der Waals surface area contributed by atoms with E-state index in [1.165, 1.54) is 59.3 Å². The third-order valence-electron chi connectivity index (χ3n) is 6.67. The Kier molecular flexibility index (Phi) is 6.27. The van der Waals surface area contributed by atoms with E-state index in [-0.39, 0.29) is 0 Å². The normalized spacial score (nSPS) is 15.8. The van der Waals surface area contributed by atoms with E-state index in [1.807, 2.05) is 0 Å². The minimum atomic E-state index is 0.762. The largest absolute Gasteiger partial charge is 0.497 e. The predicted octanol–water partition coefficient (Wildman–Crippen LogP) is 5.88. The van der Waals surface area contributed by atoms with Gasteiger partial charge in [-0.1, -0.05) is 48.5 Å². The zero-order valence-corrected chi connectivity index (χ0v) is 18.8. The van der Waals surface area contributed by atoms with Gasteiger partial charge in [0, 0.05) is 6.54 Å². The molecule has 0 atom stereocenters. The van der Waals surface area contributed by atoms with Crippen molar-refractivity contribution in [2.24, 2.45) is 0 Å². The Hall–Kier alpha value is -3.04. The number of benzene rings is 3. The standard InChI is InChI=1S/C29H31NO2/c1-31-26-13-14-27-24(20-26)21-28(23-7-3-2-4-8-23)29(27)19-22-9-11-25(12-10-22)32-18-17-30-15-5-6-16-30/h2-4,7-14,20H,5-6,15-19,21H2,1H3. The number of fused-ring (bicyclic) bond motifs is 1. The number of likely N-dealkylation sites (tertiary alicyclic amines) is 1. The molecule has 0 amide bonds. The molecular formula is C29H31NO2. The van der Waals surface area contributed by atoms with Crippen molar-refractivity contribution in [3.05, 3.63) is 95.1 Å². The summed E-state index contributed by atoms with van der Waals surface area (Å²) >= 11 is 0. The Morgan fingerprint density at radius 2 is 1.59 bits per heavy atom. The van der Waals surface area contributed by atoms with Gasteiger partial charge in [-0.3, -0.25) is 4.90 Å². The summed E-state index contributed by atoms with van der Waals surface area (Å²) in [4.78, 5) is 2.48. The molecule has 3 aromatic carbocycles. The van der Waals surface area contributed by atoms with Gasteiger partial charge in [0.1, 0.15) is 18.1 Å². The number of hydrogen-bond acceptors (Lipinski definition) is 3. The van der Waals surface area contributed by atoms with Crippen molar-refractivity contribution in [1.29, 1.82) is 0 Å². The van der Waals surface area contributed by atoms with Crippen molar-refractivity contribution in [3.8, 4) is 11.5 Å². The Morgan fingerprint density at radius 3 is 2.34 bits per heavy atom. The molecule has 0 bridgehead atoms. The van der Waals surface area contributed by atoms with E-state index in [1.54, 1.807) is 7.11 Å². The molecular weight excluding hydrogens is 394 g/mol. The summed E-state index contributed by atoms with van der Waals surface area (Å²) in [5.41, 5.74) is 8.13. The Bertz CT molecular complexity index is 1080. The first kappa shape index (κ1) is 20.8. The van der Waals surface area contributed by atoms with Gasteiger partial charge in [0.2, 0.25) is 0 Å². The van der Waals surface area contributed by atoms with Crippen LogP contribution in [0.15, 0.2) is 72.8 Å². The Balaban J connectivity index is 1.33. The second-order valence-corrected chi connectivity index (χ2v) is 8.74. The van der Waals surface area contributed by atoms with E-state index < -0.39 is 0 Å². The first-order valence-electron chi connectivity index (χ1n) is 11.7. The zero-order valence-electron chi connectivity index (χ0n) is 18.8. The van der Waals surface area contributed by atoms with Crippen LogP contribution in [0, 0.1) is 0 Å². The Labute approximate surface area is 191 Å². The summed E-state index contributed by atoms with van der Waals surface area (Å²) < 4.78 is 11.5. The van der Waals surface area contributed by atoms with E-state index in [9.17, 15) is 0 Å². The van der Waals surface area contributed by atoms with Crippen LogP contribution in [0.2, 0.25) is 0 Å². The fraction of sp³-hybridized carbons (Fsp3) is 0.310. The lowest BCUT2D eigenvalue weighted by Crippen LogP contribution is -2.25. The number of allylic oxidation sites excluding steroid dienone is 2. The molecule has 1 fully saturated rings. The fourth-order valence-electron chi connectivity index (χ4n) is 4.92. The van der Waals surface area contributed by atoms with Crippen molar-refractivity contribution < 1.29 is 9.47 Å². The van der Waals surface area contributed by atoms with Crippen molar-refractivity contribution >= 4 is 11.1 Å². The first-order chi connectivity index (χ1) is 15.8. The van der Waals surface area contributed by atoms with Gasteiger partial charge in [-0.05, 0) is 96.4 Å². The fourth-order valence-corrected chi connectivity index (χ4v) is 4.92. The molecule has 164 valence electrons. The zero-order chi connectivity index (χ0) is 21.8. The van der Waals surface area contributed by atoms with Gasteiger partial charge in [-0.25, -0.2) is 0 Å². The third kappa shape index (κ3) is 4.58. The van der Waals surface area contributed by atoms with Crippen LogP contribution in [0.1, 0.15) is 35.1 Å². The molecule has 3 aromatic rings. The van der Waals surface area contributed by atoms with Crippen LogP contribution in [-0.4, -0.2) is 38.3 Å². The molecule has 1 aliphatic carbocycles. The maximum absolute atomic E-state index is 6.00. The van der Waals surface area contributed by atoms with Gasteiger partial charge in [0.05, 0.1) is 7.11 Å². The average molecular weight is 426 g/mol. The molecule has 3 nitrogen and oxygen atoms in total. The molecule has 3 heteroatoms. The van der Waals surface area contributed by atoms with Crippen molar-refractivity contribution in [2.75, 3.05) is 33.4 Å². The van der Waals surface area contributed by atoms with Gasteiger partial charge < -0.3 is 9.47 Å². The quantitative estimate of drug-likeness (QED) is 0.450. The lowest BCUT2D eigenvalue weighted by atomic mass is 9.95. The highest BCUT2D eigenvalue weighted by Gasteiger charge is 2.23. The summed E-state index contributed by atoms with van der Waals surface area (Å²) in [5.74, 6) is 1.88. The molecule has 32 heavy (non-hydrogen) atoms. The van der Waals surface area contributed by atoms with Crippen LogP contribution in [0.3, 0.4) is 0 Å². The molecule has 2 aliphatic rings. The molecule has 0 spiro atoms. The van der Waals surface area contributed by atoms with Gasteiger partial charge in [0.25, 0.3) is 0 Å². The lowest BCUT2D eigenvalue weighted by molar-refractivity contribution is 0.238. The van der Waals surface area contributed by atoms with Crippen LogP contribution in [0.25, 0.3) is 11.1 Å². The summed E-state index contributed by atoms with van der Waals surface area (Å²) in [6.07, 6.45) is 4.51. The van der Waals surface area contributed by atoms with E-state index in [0.29, 0.717) is 0 Å². The highest BCUT2D eigenvalue weighted by molar-refractivity contribution is 5.97. The van der Waals surface area contributed by atoms with Crippen molar-refractivity contribution in [1.82, 2.24) is 4.90 Å². The van der Waals surface area contributed by atoms with Gasteiger partial charge in [-0.15, -0.1) is 0 Å². The molecule has 0 unspecified atom stereocenters. The first-order valence-corrected chi connectivity index (χ1v) is 11.7. The summed E-state index contributed by atoms with van der Waals surface area (Å²) in [5, 5.41) is 0. The molecule has 1 aliphatic heterocycles. The minimum Gasteiger partial charge on any atom is -0.497 e. The van der Waals surface area contributed by atoms with Crippen LogP contribution in [0.4, 0.5) is 0 Å². The Morgan fingerprint density at radius 1 is 0.844 bits per heavy atom. The number of ether oxygens (including phenoxy) is 2. The van der Waals surface area contributed by atoms with E-state index in [4.69, 9.17) is 9.47 Å². The summed E-state index contributed by atoms with van der Waals surface area (Å²) in [7, 11) is 1.73. The molecule has 5 rings (SSSR count). The van der Waals surface area contributed by atoms with Crippen molar-refractivity contribution in [2.45, 2.75) is 25.7 Å². The van der Waals surface area contributed by atoms with Crippen molar-refractivity contribution in [3.63, 3.8) is 0 Å². The van der Waals surface area contributed by atoms with E-state index >= 15 is 0 Å². The number of hydrogen-bond donors (Lipinski definition) is 0. The number of rotatable bonds is 8. The van der Waals surface area contributed by atoms with Gasteiger partial charge >= 0.3 is 0 Å². The highest BCUT2D eigenvalue weighted by Crippen LogP contribution is 2.41. The number of methoxy groups -OCH3 is 1. The monoisotopic (exact) mass is 425 g/mol. The maximum Gasteiger partial charge on any atom is 0.119 e. The molecule has 0 radical (unpaired) electrons. The summed E-state index contributed by atoms with van der Waals surface area (Å²) in [6, 6.07) is 25.9. The van der Waals surface area contributed by atoms with Gasteiger partial charge in [-0.2, -0.15) is 0 Å². The molecule has 1 heterocycles. The minimum absolute atomic E-state index is 0.762. The highest BCUT2D eigenvalue weighted by atomic mass is 16.5. The topological polar surface area (TPSA) is 21.7 Å². The second kappa shape index (κ2) is 9.62. The smallest absolute Gasteiger partial charge is 0.119 e. The average Bonchev–Trinajstić information content (AvgIpc) is 3.48. The summed E-state index contributed by atoms with van der Waals surface area (Å²) in [6.45, 7) is 4.22. The third-order valence-corrected chi connectivity index (χ3v) is 6.67. The predicted molar refractivity (Wildman–Crippen MR) is 131 cm³/mol. The van der Waals surface area contributed by atoms with Crippen LogP contribution in [-0.2, 0) is 12.8 Å². The van der Waals surface area contributed by atoms with Crippen LogP contribution in [0.5, 0.6) is 11.5 Å². The van der Waals surface area contributed by atoms with E-state index in [2.05, 4.69) is 77.7 Å². The van der Waals surface area contributed by atoms with Gasteiger partial charge in [0.15, 0.2) is 0 Å². The maximum atomic E-state index is 6.00. The molecule has 0 N–H and O–H groups in total. The number of nitrogens with zero attached hydrogens (tertiary/aromatic N) is 1. The molecule has 0 saturated carbocycles. The van der Waals surface area contributed by atoms with E-state index in [0.717, 1.165) is 37.5 Å². The van der Waals surface area contributed by atoms with Crippen LogP contribution < -0.4 is 9.47 Å². The SMILES string of the molecule is COc1ccc2c(c1)CC(c1ccccc1)=C2Cc1ccc(OCCN2CCCC2)cc1. The molecule has 0 aromatic heterocycles. The second-order valence-electron chi connectivity index (χ2n) is 8.74. The van der Waals surface area contributed by atoms with Crippen LogP contribution >= 0.6 is 0 Å². The molecule has 1 saturated heterocycles. The lowest BCUT2D eigenvalue weighted by Gasteiger charge is -2.15.